The van der Waals surface area contributed by atoms with Gasteiger partial charge in [-0.15, -0.1) is 11.6 Å². The van der Waals surface area contributed by atoms with Gasteiger partial charge in [-0.2, -0.15) is 0 Å². The molecule has 1 heterocycles. The normalized spacial score (nSPS) is 25.8. The average Bonchev–Trinajstić information content (AvgIpc) is 2.32. The fourth-order valence-corrected chi connectivity index (χ4v) is 2.75. The van der Waals surface area contributed by atoms with Crippen molar-refractivity contribution in [3.8, 4) is 0 Å². The van der Waals surface area contributed by atoms with Crippen molar-refractivity contribution in [3.63, 3.8) is 0 Å². The Bertz CT molecular complexity index is 350. The topological polar surface area (TPSA) is 3.24 Å². The maximum atomic E-state index is 6.01. The number of alkyl halides is 1. The Morgan fingerprint density at radius 1 is 1.25 bits per heavy atom. The second-order valence-corrected chi connectivity index (χ2v) is 5.21. The lowest BCUT2D eigenvalue weighted by atomic mass is 9.94. The van der Waals surface area contributed by atoms with Gasteiger partial charge in [0.05, 0.1) is 0 Å². The molecule has 0 aliphatic carbocycles. The zero-order chi connectivity index (χ0) is 11.5. The minimum Gasteiger partial charge on any atom is -0.368 e. The number of piperidine rings is 1. The number of hydrogen-bond donors (Lipinski definition) is 0. The van der Waals surface area contributed by atoms with Crippen LogP contribution < -0.4 is 4.90 Å². The van der Waals surface area contributed by atoms with Crippen LogP contribution in [0.5, 0.6) is 0 Å². The Balaban J connectivity index is 2.27. The molecule has 1 saturated heterocycles. The summed E-state index contributed by atoms with van der Waals surface area (Å²) in [6.07, 6.45) is 2.64. The van der Waals surface area contributed by atoms with Crippen LogP contribution in [0.2, 0.25) is 0 Å². The van der Waals surface area contributed by atoms with E-state index in [0.29, 0.717) is 11.9 Å². The third-order valence-electron chi connectivity index (χ3n) is 3.56. The number of para-hydroxylation sites is 1. The van der Waals surface area contributed by atoms with Gasteiger partial charge < -0.3 is 4.90 Å². The SMILES string of the molecule is CC1CCC(C)N(c2ccccc2CCl)C1. The Labute approximate surface area is 103 Å². The number of anilines is 1. The van der Waals surface area contributed by atoms with E-state index in [1.165, 1.54) is 24.1 Å². The van der Waals surface area contributed by atoms with Gasteiger partial charge in [-0.1, -0.05) is 25.1 Å². The number of benzene rings is 1. The highest BCUT2D eigenvalue weighted by Crippen LogP contribution is 2.30. The first-order valence-corrected chi connectivity index (χ1v) is 6.66. The summed E-state index contributed by atoms with van der Waals surface area (Å²) in [5.74, 6) is 1.40. The van der Waals surface area contributed by atoms with E-state index in [-0.39, 0.29) is 0 Å². The molecular formula is C14H20ClN. The molecule has 1 aliphatic rings. The van der Waals surface area contributed by atoms with Gasteiger partial charge in [0.1, 0.15) is 0 Å². The molecule has 0 amide bonds. The lowest BCUT2D eigenvalue weighted by molar-refractivity contribution is 0.390. The molecule has 1 nitrogen and oxygen atoms in total. The van der Waals surface area contributed by atoms with Crippen LogP contribution in [-0.2, 0) is 5.88 Å². The van der Waals surface area contributed by atoms with Gasteiger partial charge in [0.2, 0.25) is 0 Å². The van der Waals surface area contributed by atoms with Crippen molar-refractivity contribution in [2.45, 2.75) is 38.6 Å². The summed E-state index contributed by atoms with van der Waals surface area (Å²) in [4.78, 5) is 2.52. The summed E-state index contributed by atoms with van der Waals surface area (Å²) in [5, 5.41) is 0. The second-order valence-electron chi connectivity index (χ2n) is 4.95. The van der Waals surface area contributed by atoms with Crippen molar-refractivity contribution in [1.82, 2.24) is 0 Å². The molecule has 16 heavy (non-hydrogen) atoms. The maximum Gasteiger partial charge on any atom is 0.0494 e. The van der Waals surface area contributed by atoms with Gasteiger partial charge in [-0.25, -0.2) is 0 Å². The molecule has 2 unspecified atom stereocenters. The Kier molecular flexibility index (Phi) is 3.75. The summed E-state index contributed by atoms with van der Waals surface area (Å²) in [6.45, 7) is 5.81. The maximum absolute atomic E-state index is 6.01. The summed E-state index contributed by atoms with van der Waals surface area (Å²) >= 11 is 6.01. The van der Waals surface area contributed by atoms with Gasteiger partial charge in [0, 0.05) is 24.2 Å². The number of halogens is 1. The number of hydrogen-bond acceptors (Lipinski definition) is 1. The Morgan fingerprint density at radius 3 is 2.75 bits per heavy atom. The quantitative estimate of drug-likeness (QED) is 0.702. The van der Waals surface area contributed by atoms with Crippen molar-refractivity contribution in [2.24, 2.45) is 5.92 Å². The number of rotatable bonds is 2. The minimum atomic E-state index is 0.605. The summed E-state index contributed by atoms with van der Waals surface area (Å²) < 4.78 is 0. The van der Waals surface area contributed by atoms with E-state index in [2.05, 4.69) is 43.0 Å². The van der Waals surface area contributed by atoms with Crippen molar-refractivity contribution < 1.29 is 0 Å². The molecule has 2 heteroatoms. The van der Waals surface area contributed by atoms with Crippen molar-refractivity contribution >= 4 is 17.3 Å². The fraction of sp³-hybridized carbons (Fsp3) is 0.571. The third-order valence-corrected chi connectivity index (χ3v) is 3.85. The lowest BCUT2D eigenvalue weighted by Crippen LogP contribution is -2.41. The first-order valence-electron chi connectivity index (χ1n) is 6.13. The van der Waals surface area contributed by atoms with Crippen LogP contribution in [-0.4, -0.2) is 12.6 Å². The van der Waals surface area contributed by atoms with E-state index >= 15 is 0 Å². The highest BCUT2D eigenvalue weighted by atomic mass is 35.5. The number of nitrogens with zero attached hydrogens (tertiary/aromatic N) is 1. The molecule has 0 bridgehead atoms. The lowest BCUT2D eigenvalue weighted by Gasteiger charge is -2.39. The second kappa shape index (κ2) is 5.09. The van der Waals surface area contributed by atoms with Crippen molar-refractivity contribution in [2.75, 3.05) is 11.4 Å². The monoisotopic (exact) mass is 237 g/mol. The van der Waals surface area contributed by atoms with E-state index in [0.717, 1.165) is 12.5 Å². The average molecular weight is 238 g/mol. The van der Waals surface area contributed by atoms with Gasteiger partial charge in [0.15, 0.2) is 0 Å². The molecule has 0 N–H and O–H groups in total. The van der Waals surface area contributed by atoms with Gasteiger partial charge in [-0.3, -0.25) is 0 Å². The van der Waals surface area contributed by atoms with Crippen LogP contribution in [0.3, 0.4) is 0 Å². The van der Waals surface area contributed by atoms with Crippen molar-refractivity contribution in [1.29, 1.82) is 0 Å². The van der Waals surface area contributed by atoms with Crippen molar-refractivity contribution in [3.05, 3.63) is 29.8 Å². The van der Waals surface area contributed by atoms with E-state index in [9.17, 15) is 0 Å². The predicted octanol–water partition coefficient (Wildman–Crippen LogP) is 4.05. The summed E-state index contributed by atoms with van der Waals surface area (Å²) in [6, 6.07) is 9.15. The molecule has 1 aliphatic heterocycles. The molecule has 1 fully saturated rings. The third kappa shape index (κ3) is 2.35. The van der Waals surface area contributed by atoms with Gasteiger partial charge in [0.25, 0.3) is 0 Å². The molecule has 0 spiro atoms. The molecule has 0 saturated carbocycles. The highest BCUT2D eigenvalue weighted by molar-refractivity contribution is 6.17. The van der Waals surface area contributed by atoms with Crippen LogP contribution in [0.25, 0.3) is 0 Å². The van der Waals surface area contributed by atoms with Crippen LogP contribution in [0.1, 0.15) is 32.3 Å². The molecule has 88 valence electrons. The zero-order valence-corrected chi connectivity index (χ0v) is 10.9. The smallest absolute Gasteiger partial charge is 0.0494 e. The minimum absolute atomic E-state index is 0.605. The molecule has 0 aromatic heterocycles. The summed E-state index contributed by atoms with van der Waals surface area (Å²) in [7, 11) is 0. The van der Waals surface area contributed by atoms with E-state index in [1.807, 2.05) is 0 Å². The Morgan fingerprint density at radius 2 is 2.00 bits per heavy atom. The molecule has 0 radical (unpaired) electrons. The molecule has 2 rings (SSSR count). The highest BCUT2D eigenvalue weighted by Gasteiger charge is 2.24. The van der Waals surface area contributed by atoms with Gasteiger partial charge in [-0.05, 0) is 37.3 Å². The zero-order valence-electron chi connectivity index (χ0n) is 10.1. The van der Waals surface area contributed by atoms with Crippen LogP contribution in [0.15, 0.2) is 24.3 Å². The Hall–Kier alpha value is -0.690. The molecule has 1 aromatic carbocycles. The standard InChI is InChI=1S/C14H20ClN/c1-11-7-8-12(2)16(10-11)14-6-4-3-5-13(14)9-15/h3-6,11-12H,7-10H2,1-2H3. The molecule has 2 atom stereocenters. The largest absolute Gasteiger partial charge is 0.368 e. The summed E-state index contributed by atoms with van der Waals surface area (Å²) in [5.41, 5.74) is 2.58. The van der Waals surface area contributed by atoms with Crippen LogP contribution in [0, 0.1) is 5.92 Å². The van der Waals surface area contributed by atoms with E-state index < -0.39 is 0 Å². The molecule has 1 aromatic rings. The molecular weight excluding hydrogens is 218 g/mol. The predicted molar refractivity (Wildman–Crippen MR) is 71.2 cm³/mol. The van der Waals surface area contributed by atoms with E-state index in [1.54, 1.807) is 0 Å². The van der Waals surface area contributed by atoms with Crippen LogP contribution in [0.4, 0.5) is 5.69 Å². The van der Waals surface area contributed by atoms with Gasteiger partial charge >= 0.3 is 0 Å². The van der Waals surface area contributed by atoms with E-state index in [4.69, 9.17) is 11.6 Å². The first-order chi connectivity index (χ1) is 7.72. The first kappa shape index (κ1) is 11.8. The van der Waals surface area contributed by atoms with Crippen LogP contribution >= 0.6 is 11.6 Å². The fourth-order valence-electron chi connectivity index (χ4n) is 2.53.